The van der Waals surface area contributed by atoms with Crippen LogP contribution in [-0.4, -0.2) is 24.5 Å². The standard InChI is InChI=1S/C8H13F3N2O2/c1-5(7(12)15)2-3-6(14)13-4-8(9,10)11/h5H,2-4H2,1H3,(H2,12,15)(H,13,14)/t5-/m0/s1. The molecule has 0 spiro atoms. The molecule has 0 aromatic carbocycles. The molecule has 7 heteroatoms. The van der Waals surface area contributed by atoms with E-state index in [0.717, 1.165) is 0 Å². The minimum atomic E-state index is -4.41. The minimum Gasteiger partial charge on any atom is -0.369 e. The molecule has 0 saturated carbocycles. The minimum absolute atomic E-state index is 0.139. The Morgan fingerprint density at radius 2 is 1.93 bits per heavy atom. The van der Waals surface area contributed by atoms with Crippen LogP contribution in [0.25, 0.3) is 0 Å². The first kappa shape index (κ1) is 13.7. The zero-order valence-electron chi connectivity index (χ0n) is 8.23. The SMILES string of the molecule is C[C@@H](CCC(=O)NCC(F)(F)F)C(N)=O. The summed E-state index contributed by atoms with van der Waals surface area (Å²) in [4.78, 5) is 21.4. The van der Waals surface area contributed by atoms with Crippen LogP contribution in [-0.2, 0) is 9.59 Å². The summed E-state index contributed by atoms with van der Waals surface area (Å²) in [7, 11) is 0. The van der Waals surface area contributed by atoms with Gasteiger partial charge in [0.25, 0.3) is 0 Å². The van der Waals surface area contributed by atoms with Crippen LogP contribution in [0.1, 0.15) is 19.8 Å². The number of amides is 2. The Balaban J connectivity index is 3.72. The number of alkyl halides is 3. The Kier molecular flexibility index (Phi) is 5.10. The van der Waals surface area contributed by atoms with E-state index in [1.807, 2.05) is 0 Å². The Morgan fingerprint density at radius 1 is 1.40 bits per heavy atom. The number of carbonyl (C=O) groups is 2. The van der Waals surface area contributed by atoms with Crippen LogP contribution >= 0.6 is 0 Å². The summed E-state index contributed by atoms with van der Waals surface area (Å²) in [6.07, 6.45) is -4.40. The van der Waals surface area contributed by atoms with Gasteiger partial charge in [-0.25, -0.2) is 0 Å². The highest BCUT2D eigenvalue weighted by atomic mass is 19.4. The predicted molar refractivity (Wildman–Crippen MR) is 46.7 cm³/mol. The molecule has 0 fully saturated rings. The summed E-state index contributed by atoms with van der Waals surface area (Å²) in [6, 6.07) is 0. The van der Waals surface area contributed by atoms with E-state index in [9.17, 15) is 22.8 Å². The number of halogens is 3. The largest absolute Gasteiger partial charge is 0.405 e. The highest BCUT2D eigenvalue weighted by Gasteiger charge is 2.27. The highest BCUT2D eigenvalue weighted by molar-refractivity contribution is 5.79. The summed E-state index contributed by atoms with van der Waals surface area (Å²) < 4.78 is 35.0. The number of nitrogens with two attached hydrogens (primary N) is 1. The van der Waals surface area contributed by atoms with E-state index in [1.165, 1.54) is 6.92 Å². The van der Waals surface area contributed by atoms with E-state index in [0.29, 0.717) is 0 Å². The molecule has 0 aliphatic carbocycles. The summed E-state index contributed by atoms with van der Waals surface area (Å²) >= 11 is 0. The van der Waals surface area contributed by atoms with Gasteiger partial charge in [0.1, 0.15) is 6.54 Å². The molecule has 0 aliphatic heterocycles. The fraction of sp³-hybridized carbons (Fsp3) is 0.750. The van der Waals surface area contributed by atoms with E-state index >= 15 is 0 Å². The highest BCUT2D eigenvalue weighted by Crippen LogP contribution is 2.12. The molecule has 0 aliphatic rings. The van der Waals surface area contributed by atoms with Crippen LogP contribution in [0.4, 0.5) is 13.2 Å². The average molecular weight is 226 g/mol. The molecule has 0 bridgehead atoms. The maximum Gasteiger partial charge on any atom is 0.405 e. The van der Waals surface area contributed by atoms with Gasteiger partial charge in [-0.1, -0.05) is 6.92 Å². The van der Waals surface area contributed by atoms with E-state index in [1.54, 1.807) is 5.32 Å². The lowest BCUT2D eigenvalue weighted by Gasteiger charge is -2.09. The lowest BCUT2D eigenvalue weighted by Crippen LogP contribution is -2.34. The molecule has 1 atom stereocenters. The molecule has 15 heavy (non-hydrogen) atoms. The number of rotatable bonds is 5. The fourth-order valence-corrected chi connectivity index (χ4v) is 0.777. The number of carbonyl (C=O) groups excluding carboxylic acids is 2. The van der Waals surface area contributed by atoms with Crippen molar-refractivity contribution in [2.75, 3.05) is 6.54 Å². The normalized spacial score (nSPS) is 13.3. The van der Waals surface area contributed by atoms with Crippen LogP contribution in [0.5, 0.6) is 0 Å². The van der Waals surface area contributed by atoms with Crippen molar-refractivity contribution in [3.63, 3.8) is 0 Å². The predicted octanol–water partition coefficient (Wildman–Crippen LogP) is 0.567. The molecule has 0 aromatic rings. The Labute approximate surface area is 85.0 Å². The lowest BCUT2D eigenvalue weighted by molar-refractivity contribution is -0.138. The van der Waals surface area contributed by atoms with Gasteiger partial charge >= 0.3 is 6.18 Å². The van der Waals surface area contributed by atoms with Gasteiger partial charge in [0, 0.05) is 12.3 Å². The molecule has 0 saturated heterocycles. The molecule has 3 N–H and O–H groups in total. The Morgan fingerprint density at radius 3 is 2.33 bits per heavy atom. The molecule has 0 aromatic heterocycles. The fourth-order valence-electron chi connectivity index (χ4n) is 0.777. The number of hydrogen-bond donors (Lipinski definition) is 2. The topological polar surface area (TPSA) is 72.2 Å². The number of hydrogen-bond acceptors (Lipinski definition) is 2. The van der Waals surface area contributed by atoms with Gasteiger partial charge in [0.05, 0.1) is 0 Å². The quantitative estimate of drug-likeness (QED) is 0.719. The smallest absolute Gasteiger partial charge is 0.369 e. The molecular weight excluding hydrogens is 213 g/mol. The second kappa shape index (κ2) is 5.57. The van der Waals surface area contributed by atoms with Gasteiger partial charge in [-0.2, -0.15) is 13.2 Å². The van der Waals surface area contributed by atoms with E-state index in [-0.39, 0.29) is 12.8 Å². The molecule has 0 rings (SSSR count). The monoisotopic (exact) mass is 226 g/mol. The summed E-state index contributed by atoms with van der Waals surface area (Å²) in [5.41, 5.74) is 4.91. The van der Waals surface area contributed by atoms with Crippen LogP contribution < -0.4 is 11.1 Å². The second-order valence-corrected chi connectivity index (χ2v) is 3.23. The third-order valence-corrected chi connectivity index (χ3v) is 1.78. The van der Waals surface area contributed by atoms with E-state index in [2.05, 4.69) is 0 Å². The van der Waals surface area contributed by atoms with Crippen molar-refractivity contribution in [1.82, 2.24) is 5.32 Å². The Bertz CT molecular complexity index is 241. The van der Waals surface area contributed by atoms with E-state index in [4.69, 9.17) is 5.73 Å². The average Bonchev–Trinajstić information content (AvgIpc) is 2.09. The molecular formula is C8H13F3N2O2. The lowest BCUT2D eigenvalue weighted by atomic mass is 10.1. The number of primary amides is 1. The van der Waals surface area contributed by atoms with Crippen molar-refractivity contribution in [2.24, 2.45) is 11.7 Å². The summed E-state index contributed by atoms with van der Waals surface area (Å²) in [5, 5.41) is 1.70. The van der Waals surface area contributed by atoms with E-state index < -0.39 is 30.5 Å². The molecule has 0 radical (unpaired) electrons. The van der Waals surface area contributed by atoms with Crippen LogP contribution in [0, 0.1) is 5.92 Å². The van der Waals surface area contributed by atoms with Crippen molar-refractivity contribution in [3.05, 3.63) is 0 Å². The molecule has 2 amide bonds. The number of nitrogens with one attached hydrogen (secondary N) is 1. The van der Waals surface area contributed by atoms with Gasteiger partial charge in [-0.05, 0) is 6.42 Å². The zero-order valence-corrected chi connectivity index (χ0v) is 8.23. The van der Waals surface area contributed by atoms with Crippen LogP contribution in [0.15, 0.2) is 0 Å². The molecule has 0 unspecified atom stereocenters. The first-order chi connectivity index (χ1) is 6.72. The van der Waals surface area contributed by atoms with Crippen molar-refractivity contribution in [3.8, 4) is 0 Å². The van der Waals surface area contributed by atoms with Crippen molar-refractivity contribution in [2.45, 2.75) is 25.9 Å². The third kappa shape index (κ3) is 7.77. The third-order valence-electron chi connectivity index (χ3n) is 1.78. The van der Waals surface area contributed by atoms with Gasteiger partial charge in [0.15, 0.2) is 0 Å². The first-order valence-electron chi connectivity index (χ1n) is 4.35. The van der Waals surface area contributed by atoms with Gasteiger partial charge in [-0.3, -0.25) is 9.59 Å². The molecule has 88 valence electrons. The Hall–Kier alpha value is -1.27. The maximum atomic E-state index is 11.7. The molecule has 4 nitrogen and oxygen atoms in total. The summed E-state index contributed by atoms with van der Waals surface area (Å²) in [6.45, 7) is 0.163. The first-order valence-corrected chi connectivity index (χ1v) is 4.35. The summed E-state index contributed by atoms with van der Waals surface area (Å²) in [5.74, 6) is -1.82. The maximum absolute atomic E-state index is 11.7. The zero-order chi connectivity index (χ0) is 12.1. The van der Waals surface area contributed by atoms with Crippen LogP contribution in [0.3, 0.4) is 0 Å². The van der Waals surface area contributed by atoms with Gasteiger partial charge < -0.3 is 11.1 Å². The van der Waals surface area contributed by atoms with Gasteiger partial charge in [-0.15, -0.1) is 0 Å². The van der Waals surface area contributed by atoms with Crippen molar-refractivity contribution >= 4 is 11.8 Å². The van der Waals surface area contributed by atoms with Crippen LogP contribution in [0.2, 0.25) is 0 Å². The van der Waals surface area contributed by atoms with Crippen molar-refractivity contribution < 1.29 is 22.8 Å². The second-order valence-electron chi connectivity index (χ2n) is 3.23. The molecule has 0 heterocycles. The van der Waals surface area contributed by atoms with Crippen molar-refractivity contribution in [1.29, 1.82) is 0 Å². The van der Waals surface area contributed by atoms with Gasteiger partial charge in [0.2, 0.25) is 11.8 Å².